The van der Waals surface area contributed by atoms with Crippen LogP contribution in [0.1, 0.15) is 12.5 Å². The Morgan fingerprint density at radius 3 is 3.00 bits per heavy atom. The number of nitrogens with two attached hydrogens (primary N) is 1. The van der Waals surface area contributed by atoms with Crippen LogP contribution in [-0.2, 0) is 0 Å². The summed E-state index contributed by atoms with van der Waals surface area (Å²) in [5.41, 5.74) is 9.59. The molecule has 3 aromatic rings. The summed E-state index contributed by atoms with van der Waals surface area (Å²) < 4.78 is 5.49. The molecule has 0 aliphatic rings. The van der Waals surface area contributed by atoms with Crippen molar-refractivity contribution in [3.8, 4) is 5.75 Å². The number of pyridine rings is 1. The molecule has 0 spiro atoms. The molecule has 0 saturated carbocycles. The molecule has 3 N–H and O–H groups in total. The predicted octanol–water partition coefficient (Wildman–Crippen LogP) is 3.40. The second-order valence-electron chi connectivity index (χ2n) is 4.60. The summed E-state index contributed by atoms with van der Waals surface area (Å²) in [6.45, 7) is 4.57. The predicted molar refractivity (Wildman–Crippen MR) is 84.8 cm³/mol. The van der Waals surface area contributed by atoms with Gasteiger partial charge in [0.25, 0.3) is 0 Å². The number of nitrogens with one attached hydrogen (secondary N) is 1. The summed E-state index contributed by atoms with van der Waals surface area (Å²) in [5, 5.41) is 1.53. The molecule has 0 unspecified atom stereocenters. The number of imidazole rings is 1. The molecule has 0 fully saturated rings. The molecule has 1 aromatic carbocycles. The molecule has 0 atom stereocenters. The molecule has 0 saturated heterocycles. The average Bonchev–Trinajstić information content (AvgIpc) is 2.86. The lowest BCUT2D eigenvalue weighted by Gasteiger charge is -2.04. The largest absolute Gasteiger partial charge is 0.494 e. The van der Waals surface area contributed by atoms with E-state index < -0.39 is 0 Å². The van der Waals surface area contributed by atoms with Gasteiger partial charge in [-0.3, -0.25) is 0 Å². The van der Waals surface area contributed by atoms with E-state index in [1.54, 1.807) is 6.20 Å². The molecule has 3 rings (SSSR count). The Morgan fingerprint density at radius 1 is 1.33 bits per heavy atom. The number of hydrogen-bond acceptors (Lipinski definition) is 5. The average molecular weight is 300 g/mol. The highest BCUT2D eigenvalue weighted by Crippen LogP contribution is 2.31. The second-order valence-corrected chi connectivity index (χ2v) is 5.58. The molecule has 0 aliphatic heterocycles. The summed E-state index contributed by atoms with van der Waals surface area (Å²) in [7, 11) is 0. The van der Waals surface area contributed by atoms with E-state index >= 15 is 0 Å². The summed E-state index contributed by atoms with van der Waals surface area (Å²) in [4.78, 5) is 12.1. The zero-order valence-electron chi connectivity index (χ0n) is 11.9. The molecule has 2 aromatic heterocycles. The molecule has 0 amide bonds. The van der Waals surface area contributed by atoms with Gasteiger partial charge in [-0.05, 0) is 49.4 Å². The third-order valence-corrected chi connectivity index (χ3v) is 4.01. The summed E-state index contributed by atoms with van der Waals surface area (Å²) in [5.74, 6) is 0.832. The SMILES string of the molecule is CCOc1ccc2nc(Sc3nccc(C)c3N)[nH]c2c1. The summed E-state index contributed by atoms with van der Waals surface area (Å²) in [6.07, 6.45) is 1.75. The van der Waals surface area contributed by atoms with E-state index in [0.717, 1.165) is 32.5 Å². The quantitative estimate of drug-likeness (QED) is 0.772. The van der Waals surface area contributed by atoms with Crippen molar-refractivity contribution in [1.29, 1.82) is 0 Å². The van der Waals surface area contributed by atoms with E-state index in [0.29, 0.717) is 12.3 Å². The molecule has 2 heterocycles. The zero-order chi connectivity index (χ0) is 14.8. The van der Waals surface area contributed by atoms with Gasteiger partial charge in [-0.25, -0.2) is 9.97 Å². The minimum absolute atomic E-state index is 0.644. The fourth-order valence-corrected chi connectivity index (χ4v) is 2.86. The molecule has 21 heavy (non-hydrogen) atoms. The Hall–Kier alpha value is -2.21. The normalized spacial score (nSPS) is 11.0. The number of nitrogens with zero attached hydrogens (tertiary/aromatic N) is 2. The summed E-state index contributed by atoms with van der Waals surface area (Å²) >= 11 is 1.43. The van der Waals surface area contributed by atoms with E-state index in [1.165, 1.54) is 11.8 Å². The van der Waals surface area contributed by atoms with E-state index in [-0.39, 0.29) is 0 Å². The first-order valence-electron chi connectivity index (χ1n) is 6.69. The first kappa shape index (κ1) is 13.8. The van der Waals surface area contributed by atoms with Gasteiger partial charge in [0.15, 0.2) is 5.16 Å². The van der Waals surface area contributed by atoms with Crippen LogP contribution in [0.25, 0.3) is 11.0 Å². The highest BCUT2D eigenvalue weighted by atomic mass is 32.2. The maximum atomic E-state index is 6.04. The highest BCUT2D eigenvalue weighted by Gasteiger charge is 2.10. The smallest absolute Gasteiger partial charge is 0.172 e. The number of anilines is 1. The van der Waals surface area contributed by atoms with E-state index in [9.17, 15) is 0 Å². The standard InChI is InChI=1S/C15H16N4OS/c1-3-20-10-4-5-11-12(8-10)19-15(18-11)21-14-13(16)9(2)6-7-17-14/h4-8H,3,16H2,1-2H3,(H,18,19). The van der Waals surface area contributed by atoms with Gasteiger partial charge in [-0.2, -0.15) is 0 Å². The van der Waals surface area contributed by atoms with E-state index in [4.69, 9.17) is 10.5 Å². The molecule has 0 radical (unpaired) electrons. The lowest BCUT2D eigenvalue weighted by molar-refractivity contribution is 0.340. The Bertz CT molecular complexity index is 784. The van der Waals surface area contributed by atoms with Crippen molar-refractivity contribution < 1.29 is 4.74 Å². The van der Waals surface area contributed by atoms with E-state index in [1.807, 2.05) is 38.1 Å². The van der Waals surface area contributed by atoms with Gasteiger partial charge in [-0.1, -0.05) is 0 Å². The van der Waals surface area contributed by atoms with Gasteiger partial charge < -0.3 is 15.5 Å². The molecular weight excluding hydrogens is 284 g/mol. The van der Waals surface area contributed by atoms with Crippen LogP contribution in [-0.4, -0.2) is 21.6 Å². The number of fused-ring (bicyclic) bond motifs is 1. The molecule has 0 aliphatic carbocycles. The third-order valence-electron chi connectivity index (χ3n) is 3.11. The number of aromatic amines is 1. The topological polar surface area (TPSA) is 76.8 Å². The van der Waals surface area contributed by atoms with Crippen molar-refractivity contribution >= 4 is 28.5 Å². The lowest BCUT2D eigenvalue weighted by atomic mass is 10.3. The van der Waals surface area contributed by atoms with Crippen molar-refractivity contribution in [2.45, 2.75) is 24.0 Å². The third kappa shape index (κ3) is 2.80. The first-order chi connectivity index (χ1) is 10.2. The maximum absolute atomic E-state index is 6.04. The fourth-order valence-electron chi connectivity index (χ4n) is 1.99. The van der Waals surface area contributed by atoms with Crippen molar-refractivity contribution in [1.82, 2.24) is 15.0 Å². The Kier molecular flexibility index (Phi) is 3.70. The van der Waals surface area contributed by atoms with E-state index in [2.05, 4.69) is 15.0 Å². The first-order valence-corrected chi connectivity index (χ1v) is 7.50. The van der Waals surface area contributed by atoms with Gasteiger partial charge in [0, 0.05) is 12.3 Å². The number of aromatic nitrogens is 3. The number of rotatable bonds is 4. The molecule has 0 bridgehead atoms. The van der Waals surface area contributed by atoms with Crippen LogP contribution in [0.3, 0.4) is 0 Å². The number of nitrogen functional groups attached to an aromatic ring is 1. The van der Waals surface area contributed by atoms with Crippen LogP contribution in [0, 0.1) is 6.92 Å². The maximum Gasteiger partial charge on any atom is 0.172 e. The van der Waals surface area contributed by atoms with Crippen LogP contribution in [0.15, 0.2) is 40.6 Å². The van der Waals surface area contributed by atoms with Crippen molar-refractivity contribution in [3.05, 3.63) is 36.0 Å². The molecule has 108 valence electrons. The van der Waals surface area contributed by atoms with Crippen LogP contribution in [0.4, 0.5) is 5.69 Å². The highest BCUT2D eigenvalue weighted by molar-refractivity contribution is 7.99. The minimum atomic E-state index is 0.644. The second kappa shape index (κ2) is 5.65. The van der Waals surface area contributed by atoms with Crippen LogP contribution >= 0.6 is 11.8 Å². The number of aryl methyl sites for hydroxylation is 1. The fraction of sp³-hybridized carbons (Fsp3) is 0.200. The van der Waals surface area contributed by atoms with Gasteiger partial charge in [0.1, 0.15) is 10.8 Å². The van der Waals surface area contributed by atoms with Crippen molar-refractivity contribution in [2.24, 2.45) is 0 Å². The van der Waals surface area contributed by atoms with Crippen LogP contribution in [0.5, 0.6) is 5.75 Å². The zero-order valence-corrected chi connectivity index (χ0v) is 12.7. The Morgan fingerprint density at radius 2 is 2.19 bits per heavy atom. The number of ether oxygens (including phenoxy) is 1. The molecule has 6 heteroatoms. The van der Waals surface area contributed by atoms with Crippen molar-refractivity contribution in [2.75, 3.05) is 12.3 Å². The monoisotopic (exact) mass is 300 g/mol. The molecule has 5 nitrogen and oxygen atoms in total. The lowest BCUT2D eigenvalue weighted by Crippen LogP contribution is -1.94. The van der Waals surface area contributed by atoms with Crippen molar-refractivity contribution in [3.63, 3.8) is 0 Å². The Labute approximate surface area is 126 Å². The molecular formula is C15H16N4OS. The number of H-pyrrole nitrogens is 1. The minimum Gasteiger partial charge on any atom is -0.494 e. The van der Waals surface area contributed by atoms with Gasteiger partial charge in [0.2, 0.25) is 0 Å². The van der Waals surface area contributed by atoms with Crippen LogP contribution < -0.4 is 10.5 Å². The van der Waals surface area contributed by atoms with Gasteiger partial charge in [0.05, 0.1) is 23.3 Å². The van der Waals surface area contributed by atoms with Crippen LogP contribution in [0.2, 0.25) is 0 Å². The number of hydrogen-bond donors (Lipinski definition) is 2. The Balaban J connectivity index is 1.92. The summed E-state index contributed by atoms with van der Waals surface area (Å²) in [6, 6.07) is 7.70. The van der Waals surface area contributed by atoms with Gasteiger partial charge in [-0.15, -0.1) is 0 Å². The van der Waals surface area contributed by atoms with Gasteiger partial charge >= 0.3 is 0 Å². The number of benzene rings is 1.